The Hall–Kier alpha value is -1.36. The monoisotopic (exact) mass is 255 g/mol. The van der Waals surface area contributed by atoms with E-state index >= 15 is 0 Å². The number of carboxylic acids is 1. The van der Waals surface area contributed by atoms with Gasteiger partial charge in [-0.15, -0.1) is 0 Å². The Labute approximate surface area is 107 Å². The second-order valence-electron chi connectivity index (χ2n) is 4.68. The average molecular weight is 255 g/mol. The molecule has 0 bridgehead atoms. The summed E-state index contributed by atoms with van der Waals surface area (Å²) < 4.78 is 5.43. The maximum absolute atomic E-state index is 11.6. The number of carboxylic acid groups (broad SMARTS) is 1. The fourth-order valence-corrected chi connectivity index (χ4v) is 1.37. The van der Waals surface area contributed by atoms with E-state index in [0.717, 1.165) is 18.9 Å². The maximum Gasteiger partial charge on any atom is 0.331 e. The van der Waals surface area contributed by atoms with Crippen molar-refractivity contribution in [3.8, 4) is 0 Å². The minimum atomic E-state index is -1.06. The normalized spacial score (nSPS) is 16.1. The van der Waals surface area contributed by atoms with Gasteiger partial charge in [0, 0.05) is 30.9 Å². The lowest BCUT2D eigenvalue weighted by Gasteiger charge is -2.07. The number of ether oxygens (including phenoxy) is 1. The molecule has 0 heterocycles. The summed E-state index contributed by atoms with van der Waals surface area (Å²) in [6.45, 7) is 4.91. The number of rotatable bonds is 8. The van der Waals surface area contributed by atoms with Gasteiger partial charge >= 0.3 is 5.97 Å². The zero-order valence-electron chi connectivity index (χ0n) is 11.0. The van der Waals surface area contributed by atoms with Crippen molar-refractivity contribution in [2.24, 2.45) is 5.92 Å². The minimum Gasteiger partial charge on any atom is -0.478 e. The maximum atomic E-state index is 11.6. The Morgan fingerprint density at radius 3 is 2.50 bits per heavy atom. The van der Waals surface area contributed by atoms with Crippen LogP contribution in [0.4, 0.5) is 0 Å². The van der Waals surface area contributed by atoms with Crippen LogP contribution >= 0.6 is 0 Å². The first-order chi connectivity index (χ1) is 8.52. The van der Waals surface area contributed by atoms with Crippen molar-refractivity contribution in [2.75, 3.05) is 19.8 Å². The molecule has 0 radical (unpaired) electrons. The molecule has 1 fully saturated rings. The Morgan fingerprint density at radius 1 is 1.28 bits per heavy atom. The van der Waals surface area contributed by atoms with E-state index in [-0.39, 0.29) is 17.1 Å². The van der Waals surface area contributed by atoms with Gasteiger partial charge in [-0.05, 0) is 39.0 Å². The molecule has 0 unspecified atom stereocenters. The van der Waals surface area contributed by atoms with Gasteiger partial charge in [0.1, 0.15) is 0 Å². The molecule has 102 valence electrons. The molecule has 18 heavy (non-hydrogen) atoms. The van der Waals surface area contributed by atoms with Crippen molar-refractivity contribution < 1.29 is 19.4 Å². The summed E-state index contributed by atoms with van der Waals surface area (Å²) in [6, 6.07) is 0. The third kappa shape index (κ3) is 5.31. The lowest BCUT2D eigenvalue weighted by atomic mass is 10.1. The van der Waals surface area contributed by atoms with Gasteiger partial charge in [0.2, 0.25) is 5.91 Å². The molecule has 0 saturated heterocycles. The number of hydrogen-bond donors (Lipinski definition) is 2. The van der Waals surface area contributed by atoms with Crippen molar-refractivity contribution >= 4 is 11.9 Å². The molecule has 0 spiro atoms. The summed E-state index contributed by atoms with van der Waals surface area (Å²) in [7, 11) is 0. The summed E-state index contributed by atoms with van der Waals surface area (Å²) in [6.07, 6.45) is 3.29. The Balaban J connectivity index is 2.11. The second kappa shape index (κ2) is 7.16. The van der Waals surface area contributed by atoms with E-state index in [1.165, 1.54) is 26.7 Å². The number of amides is 1. The van der Waals surface area contributed by atoms with E-state index in [1.54, 1.807) is 0 Å². The van der Waals surface area contributed by atoms with Crippen LogP contribution in [0.3, 0.4) is 0 Å². The van der Waals surface area contributed by atoms with E-state index < -0.39 is 5.97 Å². The molecule has 1 aliphatic carbocycles. The molecule has 0 aromatic heterocycles. The summed E-state index contributed by atoms with van der Waals surface area (Å²) in [4.78, 5) is 22.2. The first-order valence-electron chi connectivity index (χ1n) is 6.29. The molecule has 1 rings (SSSR count). The fraction of sp³-hybridized carbons (Fsp3) is 0.692. The molecule has 0 atom stereocenters. The summed E-state index contributed by atoms with van der Waals surface area (Å²) >= 11 is 0. The van der Waals surface area contributed by atoms with Crippen LogP contribution in [0, 0.1) is 5.92 Å². The van der Waals surface area contributed by atoms with Gasteiger partial charge in [-0.2, -0.15) is 0 Å². The highest BCUT2D eigenvalue weighted by Crippen LogP contribution is 2.28. The Bertz CT molecular complexity index is 345. The summed E-state index contributed by atoms with van der Waals surface area (Å²) in [5.41, 5.74) is 0.332. The lowest BCUT2D eigenvalue weighted by Crippen LogP contribution is -2.27. The van der Waals surface area contributed by atoms with Gasteiger partial charge in [0.25, 0.3) is 0 Å². The zero-order valence-corrected chi connectivity index (χ0v) is 11.0. The first kappa shape index (κ1) is 14.7. The number of aliphatic carboxylic acids is 1. The molecule has 0 aromatic rings. The zero-order chi connectivity index (χ0) is 13.5. The van der Waals surface area contributed by atoms with Gasteiger partial charge in [-0.1, -0.05) is 0 Å². The van der Waals surface area contributed by atoms with E-state index in [2.05, 4.69) is 5.32 Å². The van der Waals surface area contributed by atoms with Gasteiger partial charge in [-0.25, -0.2) is 4.79 Å². The van der Waals surface area contributed by atoms with Gasteiger partial charge in [0.15, 0.2) is 0 Å². The topological polar surface area (TPSA) is 75.6 Å². The number of nitrogens with one attached hydrogen (secondary N) is 1. The third-order valence-corrected chi connectivity index (χ3v) is 3.03. The van der Waals surface area contributed by atoms with Crippen LogP contribution in [0.15, 0.2) is 11.1 Å². The van der Waals surface area contributed by atoms with Gasteiger partial charge < -0.3 is 15.2 Å². The van der Waals surface area contributed by atoms with Crippen molar-refractivity contribution in [1.82, 2.24) is 5.32 Å². The van der Waals surface area contributed by atoms with Crippen molar-refractivity contribution in [2.45, 2.75) is 33.1 Å². The molecular formula is C13H21NO4. The van der Waals surface area contributed by atoms with Crippen LogP contribution in [0.25, 0.3) is 0 Å². The van der Waals surface area contributed by atoms with Crippen LogP contribution in [-0.4, -0.2) is 36.7 Å². The molecule has 5 heteroatoms. The number of carbonyl (C=O) groups is 2. The molecule has 2 N–H and O–H groups in total. The van der Waals surface area contributed by atoms with Gasteiger partial charge in [0.05, 0.1) is 0 Å². The summed E-state index contributed by atoms with van der Waals surface area (Å²) in [5.74, 6) is -0.629. The Morgan fingerprint density at radius 2 is 1.94 bits per heavy atom. The van der Waals surface area contributed by atoms with Crippen LogP contribution in [-0.2, 0) is 14.3 Å². The quantitative estimate of drug-likeness (QED) is 0.507. The molecule has 1 amide bonds. The molecule has 0 aromatic carbocycles. The first-order valence-corrected chi connectivity index (χ1v) is 6.29. The van der Waals surface area contributed by atoms with Crippen LogP contribution in [0.2, 0.25) is 0 Å². The minimum absolute atomic E-state index is 0.0810. The molecule has 1 aliphatic rings. The van der Waals surface area contributed by atoms with E-state index in [0.29, 0.717) is 13.2 Å². The average Bonchev–Trinajstić information content (AvgIpc) is 3.15. The smallest absolute Gasteiger partial charge is 0.331 e. The second-order valence-corrected chi connectivity index (χ2v) is 4.68. The standard InChI is InChI=1S/C13H21NO4/c1-9(10(2)13(16)17)12(15)14-6-3-7-18-8-11-4-5-11/h11H,3-8H2,1-2H3,(H,14,15)(H,16,17). The van der Waals surface area contributed by atoms with E-state index in [9.17, 15) is 9.59 Å². The highest BCUT2D eigenvalue weighted by molar-refractivity contribution is 6.01. The van der Waals surface area contributed by atoms with Crippen molar-refractivity contribution in [3.05, 3.63) is 11.1 Å². The molecular weight excluding hydrogens is 234 g/mol. The van der Waals surface area contributed by atoms with Crippen LogP contribution in [0.1, 0.15) is 33.1 Å². The predicted octanol–water partition coefficient (Wildman–Crippen LogP) is 1.34. The SMILES string of the molecule is CC(C(=O)O)=C(C)C(=O)NCCCOCC1CC1. The largest absolute Gasteiger partial charge is 0.478 e. The summed E-state index contributed by atoms with van der Waals surface area (Å²) in [5, 5.41) is 11.4. The van der Waals surface area contributed by atoms with Crippen LogP contribution in [0.5, 0.6) is 0 Å². The highest BCUT2D eigenvalue weighted by atomic mass is 16.5. The predicted molar refractivity (Wildman–Crippen MR) is 67.2 cm³/mol. The fourth-order valence-electron chi connectivity index (χ4n) is 1.37. The third-order valence-electron chi connectivity index (χ3n) is 3.03. The highest BCUT2D eigenvalue weighted by Gasteiger charge is 2.20. The van der Waals surface area contributed by atoms with Gasteiger partial charge in [-0.3, -0.25) is 4.79 Å². The molecule has 5 nitrogen and oxygen atoms in total. The molecule has 0 aliphatic heterocycles. The lowest BCUT2D eigenvalue weighted by molar-refractivity contribution is -0.133. The number of carbonyl (C=O) groups excluding carboxylic acids is 1. The van der Waals surface area contributed by atoms with Crippen molar-refractivity contribution in [1.29, 1.82) is 0 Å². The van der Waals surface area contributed by atoms with Crippen molar-refractivity contribution in [3.63, 3.8) is 0 Å². The molecule has 1 saturated carbocycles. The van der Waals surface area contributed by atoms with Crippen LogP contribution < -0.4 is 5.32 Å². The Kier molecular flexibility index (Phi) is 5.85. The van der Waals surface area contributed by atoms with E-state index in [4.69, 9.17) is 9.84 Å². The van der Waals surface area contributed by atoms with E-state index in [1.807, 2.05) is 0 Å². The number of hydrogen-bond acceptors (Lipinski definition) is 3.